The summed E-state index contributed by atoms with van der Waals surface area (Å²) in [6, 6.07) is 9.87. The first-order valence-electron chi connectivity index (χ1n) is 6.13. The standard InChI is InChI=1S/C16H11ClFNO/c1-9-2-5-15-11(6-9)13(8-20)16(19-15)12-7-10(18)3-4-14(12)17/h2-8,19H,1H3. The smallest absolute Gasteiger partial charge is 0.152 e. The van der Waals surface area contributed by atoms with Crippen molar-refractivity contribution >= 4 is 28.8 Å². The van der Waals surface area contributed by atoms with Crippen LogP contribution in [0.4, 0.5) is 4.39 Å². The Hall–Kier alpha value is -2.13. The number of fused-ring (bicyclic) bond motifs is 1. The molecule has 0 unspecified atom stereocenters. The zero-order chi connectivity index (χ0) is 14.3. The first kappa shape index (κ1) is 12.9. The third-order valence-electron chi connectivity index (χ3n) is 3.31. The van der Waals surface area contributed by atoms with E-state index in [0.29, 0.717) is 21.8 Å². The van der Waals surface area contributed by atoms with Crippen LogP contribution in [-0.4, -0.2) is 11.3 Å². The van der Waals surface area contributed by atoms with E-state index in [-0.39, 0.29) is 0 Å². The molecule has 0 amide bonds. The van der Waals surface area contributed by atoms with Crippen LogP contribution in [0.5, 0.6) is 0 Å². The predicted octanol–water partition coefficient (Wildman–Crippen LogP) is 4.75. The molecule has 0 fully saturated rings. The van der Waals surface area contributed by atoms with E-state index in [2.05, 4.69) is 4.98 Å². The third-order valence-corrected chi connectivity index (χ3v) is 3.64. The number of carbonyl (C=O) groups is 1. The molecule has 3 aromatic rings. The number of aryl methyl sites for hydroxylation is 1. The molecule has 2 nitrogen and oxygen atoms in total. The quantitative estimate of drug-likeness (QED) is 0.678. The summed E-state index contributed by atoms with van der Waals surface area (Å²) in [4.78, 5) is 14.6. The maximum absolute atomic E-state index is 13.4. The van der Waals surface area contributed by atoms with Crippen molar-refractivity contribution < 1.29 is 9.18 Å². The van der Waals surface area contributed by atoms with Gasteiger partial charge in [-0.3, -0.25) is 4.79 Å². The van der Waals surface area contributed by atoms with Crippen LogP contribution in [0.2, 0.25) is 5.02 Å². The number of aromatic amines is 1. The maximum Gasteiger partial charge on any atom is 0.152 e. The van der Waals surface area contributed by atoms with Gasteiger partial charge in [0, 0.05) is 22.0 Å². The summed E-state index contributed by atoms with van der Waals surface area (Å²) in [7, 11) is 0. The lowest BCUT2D eigenvalue weighted by Crippen LogP contribution is -1.87. The van der Waals surface area contributed by atoms with E-state index in [0.717, 1.165) is 22.8 Å². The van der Waals surface area contributed by atoms with E-state index in [1.807, 2.05) is 25.1 Å². The number of aldehydes is 1. The zero-order valence-electron chi connectivity index (χ0n) is 10.7. The van der Waals surface area contributed by atoms with Crippen molar-refractivity contribution in [3.8, 4) is 11.3 Å². The monoisotopic (exact) mass is 287 g/mol. The molecule has 1 N–H and O–H groups in total. The molecule has 100 valence electrons. The van der Waals surface area contributed by atoms with Crippen LogP contribution in [0.25, 0.3) is 22.2 Å². The fourth-order valence-corrected chi connectivity index (χ4v) is 2.56. The second-order valence-electron chi connectivity index (χ2n) is 4.70. The number of halogens is 2. The van der Waals surface area contributed by atoms with Gasteiger partial charge in [-0.25, -0.2) is 4.39 Å². The van der Waals surface area contributed by atoms with Gasteiger partial charge in [0.05, 0.1) is 10.7 Å². The van der Waals surface area contributed by atoms with Crippen molar-refractivity contribution in [1.29, 1.82) is 0 Å². The molecule has 0 saturated carbocycles. The van der Waals surface area contributed by atoms with Gasteiger partial charge in [-0.2, -0.15) is 0 Å². The van der Waals surface area contributed by atoms with E-state index in [4.69, 9.17) is 11.6 Å². The van der Waals surface area contributed by atoms with Gasteiger partial charge in [-0.15, -0.1) is 0 Å². The summed E-state index contributed by atoms with van der Waals surface area (Å²) < 4.78 is 13.4. The number of hydrogen-bond acceptors (Lipinski definition) is 1. The molecule has 0 aliphatic carbocycles. The molecule has 0 aliphatic heterocycles. The highest BCUT2D eigenvalue weighted by Crippen LogP contribution is 2.34. The summed E-state index contributed by atoms with van der Waals surface area (Å²) in [5, 5.41) is 1.22. The second kappa shape index (κ2) is 4.76. The molecule has 1 heterocycles. The molecular weight excluding hydrogens is 277 g/mol. The van der Waals surface area contributed by atoms with Crippen LogP contribution >= 0.6 is 11.6 Å². The van der Waals surface area contributed by atoms with Crippen molar-refractivity contribution in [3.05, 3.63) is 58.4 Å². The van der Waals surface area contributed by atoms with Gasteiger partial charge in [-0.1, -0.05) is 23.2 Å². The molecule has 0 spiro atoms. The van der Waals surface area contributed by atoms with E-state index in [1.54, 1.807) is 0 Å². The van der Waals surface area contributed by atoms with E-state index in [9.17, 15) is 9.18 Å². The van der Waals surface area contributed by atoms with Gasteiger partial charge in [-0.05, 0) is 37.3 Å². The Kier molecular flexibility index (Phi) is 3.07. The van der Waals surface area contributed by atoms with Crippen LogP contribution in [-0.2, 0) is 0 Å². The van der Waals surface area contributed by atoms with E-state index >= 15 is 0 Å². The van der Waals surface area contributed by atoms with E-state index < -0.39 is 5.82 Å². The zero-order valence-corrected chi connectivity index (χ0v) is 11.5. The molecule has 1 aromatic heterocycles. The Morgan fingerprint density at radius 3 is 2.75 bits per heavy atom. The predicted molar refractivity (Wildman–Crippen MR) is 78.8 cm³/mol. The summed E-state index contributed by atoms with van der Waals surface area (Å²) in [5.74, 6) is -0.393. The average molecular weight is 288 g/mol. The number of hydrogen-bond donors (Lipinski definition) is 1. The highest BCUT2D eigenvalue weighted by Gasteiger charge is 2.15. The highest BCUT2D eigenvalue weighted by atomic mass is 35.5. The number of nitrogens with one attached hydrogen (secondary N) is 1. The fraction of sp³-hybridized carbons (Fsp3) is 0.0625. The van der Waals surface area contributed by atoms with Crippen molar-refractivity contribution in [1.82, 2.24) is 4.98 Å². The summed E-state index contributed by atoms with van der Waals surface area (Å²) in [6.07, 6.45) is 0.773. The van der Waals surface area contributed by atoms with Gasteiger partial charge in [0.2, 0.25) is 0 Å². The largest absolute Gasteiger partial charge is 0.354 e. The van der Waals surface area contributed by atoms with Crippen molar-refractivity contribution in [3.63, 3.8) is 0 Å². The van der Waals surface area contributed by atoms with Crippen LogP contribution in [0.3, 0.4) is 0 Å². The van der Waals surface area contributed by atoms with Gasteiger partial charge in [0.15, 0.2) is 6.29 Å². The first-order chi connectivity index (χ1) is 9.60. The van der Waals surface area contributed by atoms with Crippen molar-refractivity contribution in [2.45, 2.75) is 6.92 Å². The topological polar surface area (TPSA) is 32.9 Å². The SMILES string of the molecule is Cc1ccc2[nH]c(-c3cc(F)ccc3Cl)c(C=O)c2c1. The number of rotatable bonds is 2. The lowest BCUT2D eigenvalue weighted by Gasteiger charge is -2.03. The first-order valence-corrected chi connectivity index (χ1v) is 6.51. The molecule has 2 aromatic carbocycles. The molecule has 0 atom stereocenters. The molecular formula is C16H11ClFNO. The van der Waals surface area contributed by atoms with Crippen LogP contribution < -0.4 is 0 Å². The normalized spacial score (nSPS) is 10.9. The Balaban J connectivity index is 2.36. The van der Waals surface area contributed by atoms with Crippen LogP contribution in [0, 0.1) is 12.7 Å². The second-order valence-corrected chi connectivity index (χ2v) is 5.11. The average Bonchev–Trinajstić information content (AvgIpc) is 2.79. The number of H-pyrrole nitrogens is 1. The summed E-state index contributed by atoms with van der Waals surface area (Å²) in [5.41, 5.74) is 3.41. The lowest BCUT2D eigenvalue weighted by molar-refractivity contribution is 0.112. The molecule has 0 aliphatic rings. The molecule has 0 saturated heterocycles. The number of aromatic nitrogens is 1. The molecule has 4 heteroatoms. The van der Waals surface area contributed by atoms with Crippen molar-refractivity contribution in [2.24, 2.45) is 0 Å². The molecule has 0 radical (unpaired) electrons. The summed E-state index contributed by atoms with van der Waals surface area (Å²) in [6.45, 7) is 1.95. The van der Waals surface area contributed by atoms with Gasteiger partial charge < -0.3 is 4.98 Å². The Labute approximate surface area is 120 Å². The van der Waals surface area contributed by atoms with Crippen LogP contribution in [0.1, 0.15) is 15.9 Å². The van der Waals surface area contributed by atoms with Crippen LogP contribution in [0.15, 0.2) is 36.4 Å². The molecule has 0 bridgehead atoms. The van der Waals surface area contributed by atoms with Crippen molar-refractivity contribution in [2.75, 3.05) is 0 Å². The minimum Gasteiger partial charge on any atom is -0.354 e. The van der Waals surface area contributed by atoms with Gasteiger partial charge >= 0.3 is 0 Å². The third kappa shape index (κ3) is 2.00. The lowest BCUT2D eigenvalue weighted by atomic mass is 10.0. The molecule has 3 rings (SSSR count). The van der Waals surface area contributed by atoms with Gasteiger partial charge in [0.1, 0.15) is 5.82 Å². The highest BCUT2D eigenvalue weighted by molar-refractivity contribution is 6.33. The van der Waals surface area contributed by atoms with Gasteiger partial charge in [0.25, 0.3) is 0 Å². The Morgan fingerprint density at radius 2 is 2.00 bits per heavy atom. The molecule has 20 heavy (non-hydrogen) atoms. The Morgan fingerprint density at radius 1 is 1.20 bits per heavy atom. The minimum atomic E-state index is -0.393. The Bertz CT molecular complexity index is 823. The minimum absolute atomic E-state index is 0.393. The summed E-state index contributed by atoms with van der Waals surface area (Å²) >= 11 is 6.12. The number of benzene rings is 2. The number of carbonyl (C=O) groups excluding carboxylic acids is 1. The maximum atomic E-state index is 13.4. The van der Waals surface area contributed by atoms with E-state index in [1.165, 1.54) is 18.2 Å². The fourth-order valence-electron chi connectivity index (χ4n) is 2.35.